The lowest BCUT2D eigenvalue weighted by Crippen LogP contribution is -2.35. The SMILES string of the molecule is Cc1ccc(NC(=O)NC(=O)CSc2nc(C)c(C(=O)Nc3ccccc3)cc2C#N)c(C)c1. The Kier molecular flexibility index (Phi) is 8.01. The van der Waals surface area contributed by atoms with Crippen LogP contribution in [0, 0.1) is 32.1 Å². The second-order valence-corrected chi connectivity index (χ2v) is 8.48. The summed E-state index contributed by atoms with van der Waals surface area (Å²) < 4.78 is 0. The molecule has 8 nitrogen and oxygen atoms in total. The summed E-state index contributed by atoms with van der Waals surface area (Å²) in [4.78, 5) is 41.4. The molecule has 9 heteroatoms. The Balaban J connectivity index is 1.62. The second kappa shape index (κ2) is 11.1. The Morgan fingerprint density at radius 3 is 2.41 bits per heavy atom. The Labute approximate surface area is 201 Å². The highest BCUT2D eigenvalue weighted by molar-refractivity contribution is 8.00. The van der Waals surface area contributed by atoms with Gasteiger partial charge >= 0.3 is 6.03 Å². The van der Waals surface area contributed by atoms with Crippen molar-refractivity contribution in [2.45, 2.75) is 25.8 Å². The van der Waals surface area contributed by atoms with Gasteiger partial charge in [0, 0.05) is 11.4 Å². The van der Waals surface area contributed by atoms with E-state index in [1.807, 2.05) is 38.1 Å². The van der Waals surface area contributed by atoms with Gasteiger partial charge in [0.2, 0.25) is 5.91 Å². The van der Waals surface area contributed by atoms with Crippen LogP contribution in [0.5, 0.6) is 0 Å². The summed E-state index contributed by atoms with van der Waals surface area (Å²) in [6, 6.07) is 17.3. The number of hydrogen-bond donors (Lipinski definition) is 3. The van der Waals surface area contributed by atoms with Gasteiger partial charge in [0.15, 0.2) is 0 Å². The Morgan fingerprint density at radius 1 is 1.00 bits per heavy atom. The second-order valence-electron chi connectivity index (χ2n) is 7.52. The van der Waals surface area contributed by atoms with E-state index >= 15 is 0 Å². The molecular formula is C25H23N5O3S. The smallest absolute Gasteiger partial charge is 0.322 e. The van der Waals surface area contributed by atoms with Gasteiger partial charge in [-0.25, -0.2) is 9.78 Å². The molecular weight excluding hydrogens is 450 g/mol. The Hall–Kier alpha value is -4.16. The number of amides is 4. The third kappa shape index (κ3) is 6.43. The number of rotatable bonds is 6. The number of pyridine rings is 1. The van der Waals surface area contributed by atoms with Crippen LogP contribution >= 0.6 is 11.8 Å². The van der Waals surface area contributed by atoms with Crippen LogP contribution in [0.15, 0.2) is 59.6 Å². The molecule has 0 unspecified atom stereocenters. The first-order valence-electron chi connectivity index (χ1n) is 10.4. The van der Waals surface area contributed by atoms with E-state index in [1.165, 1.54) is 6.07 Å². The zero-order chi connectivity index (χ0) is 24.7. The van der Waals surface area contributed by atoms with E-state index in [-0.39, 0.29) is 22.8 Å². The average Bonchev–Trinajstić information content (AvgIpc) is 2.80. The van der Waals surface area contributed by atoms with Crippen molar-refractivity contribution in [2.75, 3.05) is 16.4 Å². The lowest BCUT2D eigenvalue weighted by molar-refractivity contribution is -0.117. The molecule has 0 aliphatic rings. The van der Waals surface area contributed by atoms with Crippen molar-refractivity contribution >= 4 is 41.0 Å². The van der Waals surface area contributed by atoms with E-state index in [4.69, 9.17) is 0 Å². The number of urea groups is 1. The molecule has 0 fully saturated rings. The molecule has 2 aromatic carbocycles. The van der Waals surface area contributed by atoms with Crippen molar-refractivity contribution < 1.29 is 14.4 Å². The topological polar surface area (TPSA) is 124 Å². The van der Waals surface area contributed by atoms with E-state index in [0.29, 0.717) is 22.1 Å². The molecule has 1 aromatic heterocycles. The van der Waals surface area contributed by atoms with Crippen LogP contribution in [0.2, 0.25) is 0 Å². The summed E-state index contributed by atoms with van der Waals surface area (Å²) in [5, 5.41) is 17.5. The minimum atomic E-state index is -0.643. The van der Waals surface area contributed by atoms with Gasteiger partial charge in [-0.3, -0.25) is 14.9 Å². The molecule has 0 spiro atoms. The predicted octanol–water partition coefficient (Wildman–Crippen LogP) is 4.57. The van der Waals surface area contributed by atoms with Crippen LogP contribution in [0.4, 0.5) is 16.2 Å². The third-order valence-electron chi connectivity index (χ3n) is 4.80. The summed E-state index contributed by atoms with van der Waals surface area (Å²) in [7, 11) is 0. The van der Waals surface area contributed by atoms with Gasteiger partial charge in [0.1, 0.15) is 11.1 Å². The molecule has 3 N–H and O–H groups in total. The molecule has 0 bridgehead atoms. The van der Waals surface area contributed by atoms with Crippen molar-refractivity contribution in [3.05, 3.63) is 82.5 Å². The molecule has 0 saturated heterocycles. The predicted molar refractivity (Wildman–Crippen MR) is 132 cm³/mol. The molecule has 0 radical (unpaired) electrons. The van der Waals surface area contributed by atoms with Crippen LogP contribution in [-0.2, 0) is 4.79 Å². The quantitative estimate of drug-likeness (QED) is 0.451. The molecule has 1 heterocycles. The van der Waals surface area contributed by atoms with Crippen molar-refractivity contribution in [3.63, 3.8) is 0 Å². The lowest BCUT2D eigenvalue weighted by atomic mass is 10.1. The van der Waals surface area contributed by atoms with Crippen molar-refractivity contribution in [2.24, 2.45) is 0 Å². The number of benzene rings is 2. The summed E-state index contributed by atoms with van der Waals surface area (Å²) in [5.41, 5.74) is 4.03. The fourth-order valence-corrected chi connectivity index (χ4v) is 3.93. The number of aromatic nitrogens is 1. The van der Waals surface area contributed by atoms with Crippen LogP contribution in [0.25, 0.3) is 0 Å². The number of nitrogens with zero attached hydrogens (tertiary/aromatic N) is 2. The number of anilines is 2. The number of nitrogens with one attached hydrogen (secondary N) is 3. The van der Waals surface area contributed by atoms with E-state index in [0.717, 1.165) is 22.9 Å². The van der Waals surface area contributed by atoms with Gasteiger partial charge in [0.05, 0.1) is 22.6 Å². The van der Waals surface area contributed by atoms with Crippen LogP contribution in [0.3, 0.4) is 0 Å². The largest absolute Gasteiger partial charge is 0.325 e. The van der Waals surface area contributed by atoms with E-state index in [2.05, 4.69) is 20.9 Å². The highest BCUT2D eigenvalue weighted by atomic mass is 32.2. The maximum atomic E-state index is 12.6. The summed E-state index contributed by atoms with van der Waals surface area (Å²) >= 11 is 1.01. The van der Waals surface area contributed by atoms with Gasteiger partial charge in [-0.15, -0.1) is 0 Å². The number of carbonyl (C=O) groups is 3. The van der Waals surface area contributed by atoms with E-state index < -0.39 is 11.9 Å². The summed E-state index contributed by atoms with van der Waals surface area (Å²) in [6.07, 6.45) is 0. The van der Waals surface area contributed by atoms with Crippen molar-refractivity contribution in [1.29, 1.82) is 5.26 Å². The zero-order valence-electron chi connectivity index (χ0n) is 18.9. The van der Waals surface area contributed by atoms with Gasteiger partial charge in [-0.2, -0.15) is 5.26 Å². The van der Waals surface area contributed by atoms with Crippen LogP contribution in [-0.4, -0.2) is 28.6 Å². The number of aryl methyl sites for hydroxylation is 3. The molecule has 0 atom stereocenters. The molecule has 172 valence electrons. The number of nitriles is 1. The first-order valence-corrected chi connectivity index (χ1v) is 11.3. The minimum absolute atomic E-state index is 0.128. The molecule has 0 saturated carbocycles. The minimum Gasteiger partial charge on any atom is -0.322 e. The van der Waals surface area contributed by atoms with E-state index in [9.17, 15) is 19.6 Å². The standard InChI is InChI=1S/C25H23N5O3S/c1-15-9-10-21(16(2)11-15)29-25(33)30-22(31)14-34-24-18(13-26)12-20(17(3)27-24)23(32)28-19-7-5-4-6-8-19/h4-12H,14H2,1-3H3,(H,28,32)(H2,29,30,31,33). The van der Waals surface area contributed by atoms with Gasteiger partial charge in [-0.1, -0.05) is 47.7 Å². The maximum absolute atomic E-state index is 12.6. The molecule has 3 aromatic rings. The van der Waals surface area contributed by atoms with Crippen LogP contribution in [0.1, 0.15) is 32.7 Å². The molecule has 34 heavy (non-hydrogen) atoms. The Morgan fingerprint density at radius 2 is 1.74 bits per heavy atom. The van der Waals surface area contributed by atoms with Crippen molar-refractivity contribution in [1.82, 2.24) is 10.3 Å². The third-order valence-corrected chi connectivity index (χ3v) is 5.79. The number of imide groups is 1. The molecule has 3 rings (SSSR count). The summed E-state index contributed by atoms with van der Waals surface area (Å²) in [5.74, 6) is -1.05. The van der Waals surface area contributed by atoms with Gasteiger partial charge < -0.3 is 10.6 Å². The van der Waals surface area contributed by atoms with Crippen molar-refractivity contribution in [3.8, 4) is 6.07 Å². The highest BCUT2D eigenvalue weighted by Crippen LogP contribution is 2.23. The number of carbonyl (C=O) groups excluding carboxylic acids is 3. The van der Waals surface area contributed by atoms with Crippen LogP contribution < -0.4 is 16.0 Å². The average molecular weight is 474 g/mol. The normalized spacial score (nSPS) is 10.2. The fraction of sp³-hybridized carbons (Fsp3) is 0.160. The van der Waals surface area contributed by atoms with E-state index in [1.54, 1.807) is 37.3 Å². The molecule has 0 aliphatic heterocycles. The number of para-hydroxylation sites is 1. The summed E-state index contributed by atoms with van der Waals surface area (Å²) in [6.45, 7) is 5.47. The first-order chi connectivity index (χ1) is 16.3. The van der Waals surface area contributed by atoms with Gasteiger partial charge in [-0.05, 0) is 50.6 Å². The Bertz CT molecular complexity index is 1290. The number of hydrogen-bond acceptors (Lipinski definition) is 6. The monoisotopic (exact) mass is 473 g/mol. The molecule has 4 amide bonds. The van der Waals surface area contributed by atoms with Gasteiger partial charge in [0.25, 0.3) is 5.91 Å². The lowest BCUT2D eigenvalue weighted by Gasteiger charge is -2.11. The maximum Gasteiger partial charge on any atom is 0.325 e. The molecule has 0 aliphatic carbocycles. The highest BCUT2D eigenvalue weighted by Gasteiger charge is 2.17. The fourth-order valence-electron chi connectivity index (χ4n) is 3.13. The first kappa shape index (κ1) is 24.5. The zero-order valence-corrected chi connectivity index (χ0v) is 19.7. The number of thioether (sulfide) groups is 1.